The maximum atomic E-state index is 11.6. The molecule has 88 valence electrons. The zero-order chi connectivity index (χ0) is 12.0. The van der Waals surface area contributed by atoms with Crippen molar-refractivity contribution in [1.82, 2.24) is 15.5 Å². The Morgan fingerprint density at radius 1 is 1.56 bits per heavy atom. The van der Waals surface area contributed by atoms with Gasteiger partial charge in [0.1, 0.15) is 0 Å². The molecule has 16 heavy (non-hydrogen) atoms. The molecule has 2 N–H and O–H groups in total. The molecule has 0 saturated carbocycles. The van der Waals surface area contributed by atoms with Gasteiger partial charge in [-0.25, -0.2) is 0 Å². The van der Waals surface area contributed by atoms with E-state index in [4.69, 9.17) is 12.2 Å². The first-order chi connectivity index (χ1) is 7.59. The van der Waals surface area contributed by atoms with Crippen LogP contribution in [0.15, 0.2) is 17.5 Å². The molecule has 0 bridgehead atoms. The first-order valence-corrected chi connectivity index (χ1v) is 6.16. The lowest BCUT2D eigenvalue weighted by Crippen LogP contribution is -2.41. The smallest absolute Gasteiger partial charge is 0.267 e. The average Bonchev–Trinajstić information content (AvgIpc) is 2.69. The Kier molecular flexibility index (Phi) is 5.37. The van der Waals surface area contributed by atoms with E-state index in [-0.39, 0.29) is 5.91 Å². The van der Waals surface area contributed by atoms with Gasteiger partial charge in [0.05, 0.1) is 4.88 Å². The van der Waals surface area contributed by atoms with Crippen molar-refractivity contribution >= 4 is 34.6 Å². The van der Waals surface area contributed by atoms with Crippen molar-refractivity contribution in [2.45, 2.75) is 0 Å². The fourth-order valence-corrected chi connectivity index (χ4v) is 1.82. The molecule has 4 nitrogen and oxygen atoms in total. The first kappa shape index (κ1) is 13.1. The van der Waals surface area contributed by atoms with Gasteiger partial charge in [-0.2, -0.15) is 0 Å². The summed E-state index contributed by atoms with van der Waals surface area (Å²) in [4.78, 5) is 14.3. The zero-order valence-corrected chi connectivity index (χ0v) is 11.0. The number of amides is 1. The van der Waals surface area contributed by atoms with Crippen LogP contribution in [-0.2, 0) is 0 Å². The van der Waals surface area contributed by atoms with Crippen LogP contribution in [0.1, 0.15) is 9.67 Å². The Hall–Kier alpha value is -0.980. The van der Waals surface area contributed by atoms with Crippen molar-refractivity contribution in [3.63, 3.8) is 0 Å². The van der Waals surface area contributed by atoms with E-state index < -0.39 is 0 Å². The molecule has 6 heteroatoms. The molecule has 0 radical (unpaired) electrons. The first-order valence-electron chi connectivity index (χ1n) is 4.87. The second-order valence-electron chi connectivity index (χ2n) is 3.49. The van der Waals surface area contributed by atoms with Crippen molar-refractivity contribution in [3.05, 3.63) is 22.4 Å². The Labute approximate surface area is 105 Å². The third-order valence-corrected chi connectivity index (χ3v) is 2.93. The monoisotopic (exact) mass is 257 g/mol. The van der Waals surface area contributed by atoms with Crippen molar-refractivity contribution in [2.75, 3.05) is 27.2 Å². The van der Waals surface area contributed by atoms with E-state index in [0.29, 0.717) is 9.99 Å². The van der Waals surface area contributed by atoms with Gasteiger partial charge in [-0.05, 0) is 37.8 Å². The van der Waals surface area contributed by atoms with Gasteiger partial charge in [0.25, 0.3) is 5.91 Å². The number of carbonyl (C=O) groups is 1. The molecule has 1 heterocycles. The van der Waals surface area contributed by atoms with E-state index in [2.05, 4.69) is 10.6 Å². The summed E-state index contributed by atoms with van der Waals surface area (Å²) < 4.78 is 0. The number of rotatable bonds is 4. The van der Waals surface area contributed by atoms with Gasteiger partial charge in [0, 0.05) is 13.1 Å². The van der Waals surface area contributed by atoms with E-state index in [9.17, 15) is 4.79 Å². The highest BCUT2D eigenvalue weighted by molar-refractivity contribution is 7.80. The predicted octanol–water partition coefficient (Wildman–Crippen LogP) is 0.914. The molecular weight excluding hydrogens is 242 g/mol. The number of likely N-dealkylation sites (N-methyl/N-ethyl adjacent to an activating group) is 1. The third-order valence-electron chi connectivity index (χ3n) is 1.82. The fourth-order valence-electron chi connectivity index (χ4n) is 1.01. The standard InChI is InChI=1S/C10H15N3OS2/c1-13(2)6-5-11-10(15)12-9(14)8-4-3-7-16-8/h3-4,7H,5-6H2,1-2H3,(H2,11,12,14,15). The van der Waals surface area contributed by atoms with Crippen LogP contribution in [0.2, 0.25) is 0 Å². The van der Waals surface area contributed by atoms with Crippen LogP contribution in [0.4, 0.5) is 0 Å². The van der Waals surface area contributed by atoms with E-state index >= 15 is 0 Å². The van der Waals surface area contributed by atoms with Crippen molar-refractivity contribution in [1.29, 1.82) is 0 Å². The molecule has 0 aliphatic heterocycles. The van der Waals surface area contributed by atoms with E-state index in [1.165, 1.54) is 11.3 Å². The van der Waals surface area contributed by atoms with Crippen molar-refractivity contribution < 1.29 is 4.79 Å². The largest absolute Gasteiger partial charge is 0.361 e. The molecule has 0 aliphatic carbocycles. The highest BCUT2D eigenvalue weighted by Crippen LogP contribution is 2.07. The molecule has 0 fully saturated rings. The summed E-state index contributed by atoms with van der Waals surface area (Å²) in [7, 11) is 3.96. The van der Waals surface area contributed by atoms with Gasteiger partial charge >= 0.3 is 0 Å². The summed E-state index contributed by atoms with van der Waals surface area (Å²) in [5.41, 5.74) is 0. The van der Waals surface area contributed by atoms with Crippen LogP contribution < -0.4 is 10.6 Å². The highest BCUT2D eigenvalue weighted by Gasteiger charge is 2.07. The predicted molar refractivity (Wildman–Crippen MR) is 70.9 cm³/mol. The van der Waals surface area contributed by atoms with Crippen molar-refractivity contribution in [3.8, 4) is 0 Å². The van der Waals surface area contributed by atoms with E-state index in [1.54, 1.807) is 6.07 Å². The number of hydrogen-bond acceptors (Lipinski definition) is 4. The molecule has 0 saturated heterocycles. The number of carbonyl (C=O) groups excluding carboxylic acids is 1. The minimum atomic E-state index is -0.155. The summed E-state index contributed by atoms with van der Waals surface area (Å²) in [5.74, 6) is -0.155. The number of nitrogens with zero attached hydrogens (tertiary/aromatic N) is 1. The molecule has 0 spiro atoms. The summed E-state index contributed by atoms with van der Waals surface area (Å²) in [6, 6.07) is 3.60. The van der Waals surface area contributed by atoms with E-state index in [1.807, 2.05) is 30.4 Å². The SMILES string of the molecule is CN(C)CCNC(=S)NC(=O)c1cccs1. The van der Waals surface area contributed by atoms with Crippen LogP contribution >= 0.6 is 23.6 Å². The van der Waals surface area contributed by atoms with Crippen molar-refractivity contribution in [2.24, 2.45) is 0 Å². The molecule has 0 atom stereocenters. The van der Waals surface area contributed by atoms with Gasteiger partial charge in [-0.3, -0.25) is 10.1 Å². The minimum Gasteiger partial charge on any atom is -0.361 e. The lowest BCUT2D eigenvalue weighted by molar-refractivity contribution is 0.0980. The number of thiophene rings is 1. The summed E-state index contributed by atoms with van der Waals surface area (Å²) >= 11 is 6.39. The second-order valence-corrected chi connectivity index (χ2v) is 4.85. The summed E-state index contributed by atoms with van der Waals surface area (Å²) in [5, 5.41) is 7.83. The molecule has 1 rings (SSSR count). The summed E-state index contributed by atoms with van der Waals surface area (Å²) in [6.07, 6.45) is 0. The minimum absolute atomic E-state index is 0.155. The van der Waals surface area contributed by atoms with Crippen LogP contribution in [0.5, 0.6) is 0 Å². The maximum absolute atomic E-state index is 11.6. The van der Waals surface area contributed by atoms with Gasteiger partial charge in [0.2, 0.25) is 0 Å². The fraction of sp³-hybridized carbons (Fsp3) is 0.400. The van der Waals surface area contributed by atoms with Crippen LogP contribution in [0, 0.1) is 0 Å². The van der Waals surface area contributed by atoms with Gasteiger partial charge in [-0.15, -0.1) is 11.3 Å². The van der Waals surface area contributed by atoms with E-state index in [0.717, 1.165) is 13.1 Å². The number of hydrogen-bond donors (Lipinski definition) is 2. The van der Waals surface area contributed by atoms with Crippen LogP contribution in [0.3, 0.4) is 0 Å². The quantitative estimate of drug-likeness (QED) is 0.787. The lowest BCUT2D eigenvalue weighted by atomic mass is 10.4. The van der Waals surface area contributed by atoms with Crippen LogP contribution in [-0.4, -0.2) is 43.1 Å². The second kappa shape index (κ2) is 6.57. The molecular formula is C10H15N3OS2. The molecule has 0 unspecified atom stereocenters. The molecule has 1 aromatic rings. The zero-order valence-electron chi connectivity index (χ0n) is 9.32. The molecule has 0 aliphatic rings. The third kappa shape index (κ3) is 4.69. The molecule has 0 aromatic carbocycles. The Balaban J connectivity index is 2.27. The lowest BCUT2D eigenvalue weighted by Gasteiger charge is -2.12. The number of thiocarbonyl (C=S) groups is 1. The van der Waals surface area contributed by atoms with Gasteiger partial charge < -0.3 is 10.2 Å². The molecule has 1 aromatic heterocycles. The normalized spacial score (nSPS) is 10.2. The molecule has 1 amide bonds. The van der Waals surface area contributed by atoms with Crippen LogP contribution in [0.25, 0.3) is 0 Å². The highest BCUT2D eigenvalue weighted by atomic mass is 32.1. The average molecular weight is 257 g/mol. The Bertz CT molecular complexity index is 349. The van der Waals surface area contributed by atoms with Gasteiger partial charge in [-0.1, -0.05) is 6.07 Å². The summed E-state index contributed by atoms with van der Waals surface area (Å²) in [6.45, 7) is 1.59. The topological polar surface area (TPSA) is 44.4 Å². The maximum Gasteiger partial charge on any atom is 0.267 e. The van der Waals surface area contributed by atoms with Gasteiger partial charge in [0.15, 0.2) is 5.11 Å². The Morgan fingerprint density at radius 3 is 2.88 bits per heavy atom. The number of nitrogens with one attached hydrogen (secondary N) is 2. The Morgan fingerprint density at radius 2 is 2.31 bits per heavy atom.